The molecule has 4 N–H and O–H groups in total. The lowest BCUT2D eigenvalue weighted by atomic mass is 9.75. The molecule has 0 radical (unpaired) electrons. The van der Waals surface area contributed by atoms with Crippen molar-refractivity contribution in [1.29, 1.82) is 5.41 Å². The van der Waals surface area contributed by atoms with Crippen molar-refractivity contribution in [3.63, 3.8) is 0 Å². The summed E-state index contributed by atoms with van der Waals surface area (Å²) in [4.78, 5) is 12.1. The van der Waals surface area contributed by atoms with Gasteiger partial charge in [-0.3, -0.25) is 14.9 Å². The standard InChI is InChI=1S/C14H21N5O/c1-14(2)5-4-10(11(15)6-14)12(16)13(20)18-9-7-17-19(3)8-9/h7-8,16H,4-6,15H2,1-3H3,(H,18,20). The summed E-state index contributed by atoms with van der Waals surface area (Å²) < 4.78 is 1.59. The summed E-state index contributed by atoms with van der Waals surface area (Å²) in [6, 6.07) is 0. The Labute approximate surface area is 118 Å². The lowest BCUT2D eigenvalue weighted by molar-refractivity contribution is -0.110. The van der Waals surface area contributed by atoms with Crippen molar-refractivity contribution in [1.82, 2.24) is 9.78 Å². The van der Waals surface area contributed by atoms with Crippen molar-refractivity contribution in [2.75, 3.05) is 5.32 Å². The predicted molar refractivity (Wildman–Crippen MR) is 78.4 cm³/mol. The number of hydrogen-bond acceptors (Lipinski definition) is 4. The lowest BCUT2D eigenvalue weighted by Gasteiger charge is -2.31. The van der Waals surface area contributed by atoms with E-state index in [1.54, 1.807) is 24.1 Å². The molecule has 0 saturated heterocycles. The van der Waals surface area contributed by atoms with E-state index in [9.17, 15) is 4.79 Å². The van der Waals surface area contributed by atoms with Crippen LogP contribution in [0.25, 0.3) is 0 Å². The molecule has 0 aromatic carbocycles. The molecule has 0 saturated carbocycles. The van der Waals surface area contributed by atoms with E-state index >= 15 is 0 Å². The molecule has 1 aliphatic rings. The number of amides is 1. The molecule has 0 fully saturated rings. The lowest BCUT2D eigenvalue weighted by Crippen LogP contribution is -2.30. The highest BCUT2D eigenvalue weighted by Crippen LogP contribution is 2.37. The van der Waals surface area contributed by atoms with E-state index in [1.807, 2.05) is 0 Å². The summed E-state index contributed by atoms with van der Waals surface area (Å²) in [5.74, 6) is -0.435. The summed E-state index contributed by atoms with van der Waals surface area (Å²) in [6.45, 7) is 4.30. The van der Waals surface area contributed by atoms with Crippen LogP contribution in [-0.4, -0.2) is 21.4 Å². The molecule has 108 valence electrons. The average molecular weight is 275 g/mol. The number of aryl methyl sites for hydroxylation is 1. The molecule has 2 rings (SSSR count). The van der Waals surface area contributed by atoms with Gasteiger partial charge in [0.2, 0.25) is 0 Å². The molecule has 1 aliphatic carbocycles. The highest BCUT2D eigenvalue weighted by molar-refractivity contribution is 6.47. The summed E-state index contributed by atoms with van der Waals surface area (Å²) in [6.07, 6.45) is 5.58. The van der Waals surface area contributed by atoms with Gasteiger partial charge >= 0.3 is 0 Å². The van der Waals surface area contributed by atoms with Crippen LogP contribution in [0.1, 0.15) is 33.1 Å². The molecule has 1 aromatic rings. The van der Waals surface area contributed by atoms with Gasteiger partial charge in [0.15, 0.2) is 0 Å². The van der Waals surface area contributed by atoms with Crippen LogP contribution in [0.4, 0.5) is 5.69 Å². The van der Waals surface area contributed by atoms with Gasteiger partial charge in [-0.2, -0.15) is 5.10 Å². The summed E-state index contributed by atoms with van der Waals surface area (Å²) in [5.41, 5.74) is 8.05. The van der Waals surface area contributed by atoms with Crippen LogP contribution in [0.15, 0.2) is 23.7 Å². The minimum absolute atomic E-state index is 0.0400. The number of nitrogens with two attached hydrogens (primary N) is 1. The number of anilines is 1. The Morgan fingerprint density at radius 1 is 1.55 bits per heavy atom. The number of aromatic nitrogens is 2. The molecule has 0 atom stereocenters. The second kappa shape index (κ2) is 5.11. The molecule has 20 heavy (non-hydrogen) atoms. The van der Waals surface area contributed by atoms with Crippen LogP contribution < -0.4 is 11.1 Å². The Bertz CT molecular complexity index is 582. The van der Waals surface area contributed by atoms with E-state index in [1.165, 1.54) is 0 Å². The first-order chi connectivity index (χ1) is 9.28. The molecular formula is C14H21N5O. The molecule has 0 bridgehead atoms. The number of carbonyl (C=O) groups excluding carboxylic acids is 1. The Morgan fingerprint density at radius 3 is 2.80 bits per heavy atom. The third-order valence-electron chi connectivity index (χ3n) is 3.60. The third kappa shape index (κ3) is 3.07. The molecule has 1 aromatic heterocycles. The van der Waals surface area contributed by atoms with Crippen LogP contribution in [0, 0.1) is 10.8 Å². The van der Waals surface area contributed by atoms with Gasteiger partial charge < -0.3 is 11.1 Å². The van der Waals surface area contributed by atoms with Gasteiger partial charge in [-0.1, -0.05) is 13.8 Å². The van der Waals surface area contributed by atoms with Crippen molar-refractivity contribution in [3.8, 4) is 0 Å². The van der Waals surface area contributed by atoms with Gasteiger partial charge in [-0.25, -0.2) is 0 Å². The molecule has 0 aliphatic heterocycles. The summed E-state index contributed by atoms with van der Waals surface area (Å²) in [7, 11) is 1.77. The highest BCUT2D eigenvalue weighted by Gasteiger charge is 2.29. The fraction of sp³-hybridized carbons (Fsp3) is 0.500. The second-order valence-corrected chi connectivity index (χ2v) is 6.08. The van der Waals surface area contributed by atoms with Gasteiger partial charge in [-0.05, 0) is 24.7 Å². The van der Waals surface area contributed by atoms with Crippen molar-refractivity contribution in [2.24, 2.45) is 18.2 Å². The van der Waals surface area contributed by atoms with Crippen molar-refractivity contribution < 1.29 is 4.79 Å². The minimum Gasteiger partial charge on any atom is -0.402 e. The van der Waals surface area contributed by atoms with E-state index in [0.717, 1.165) is 12.8 Å². The van der Waals surface area contributed by atoms with Gasteiger partial charge in [0.05, 0.1) is 11.9 Å². The zero-order valence-electron chi connectivity index (χ0n) is 12.2. The number of allylic oxidation sites excluding steroid dienone is 1. The number of hydrogen-bond donors (Lipinski definition) is 3. The number of rotatable bonds is 3. The second-order valence-electron chi connectivity index (χ2n) is 6.08. The molecule has 1 amide bonds. The molecule has 0 spiro atoms. The van der Waals surface area contributed by atoms with Gasteiger partial charge in [0.25, 0.3) is 5.91 Å². The molecule has 0 unspecified atom stereocenters. The maximum absolute atomic E-state index is 12.1. The Balaban J connectivity index is 2.09. The Hall–Kier alpha value is -2.11. The quantitative estimate of drug-likeness (QED) is 0.734. The van der Waals surface area contributed by atoms with Gasteiger partial charge in [-0.15, -0.1) is 0 Å². The first-order valence-corrected chi connectivity index (χ1v) is 6.65. The fourth-order valence-corrected chi connectivity index (χ4v) is 2.44. The first kappa shape index (κ1) is 14.3. The molecule has 6 heteroatoms. The van der Waals surface area contributed by atoms with Crippen LogP contribution in [-0.2, 0) is 11.8 Å². The monoisotopic (exact) mass is 275 g/mol. The van der Waals surface area contributed by atoms with E-state index in [2.05, 4.69) is 24.3 Å². The minimum atomic E-state index is -0.435. The Morgan fingerprint density at radius 2 is 2.25 bits per heavy atom. The van der Waals surface area contributed by atoms with Gasteiger partial charge in [0, 0.05) is 24.5 Å². The van der Waals surface area contributed by atoms with Crippen LogP contribution in [0.5, 0.6) is 0 Å². The molecule has 6 nitrogen and oxygen atoms in total. The highest BCUT2D eigenvalue weighted by atomic mass is 16.1. The third-order valence-corrected chi connectivity index (χ3v) is 3.60. The van der Waals surface area contributed by atoms with Crippen LogP contribution in [0.2, 0.25) is 0 Å². The van der Waals surface area contributed by atoms with Crippen molar-refractivity contribution >= 4 is 17.3 Å². The number of nitrogens with zero attached hydrogens (tertiary/aromatic N) is 2. The van der Waals surface area contributed by atoms with E-state index in [-0.39, 0.29) is 11.1 Å². The van der Waals surface area contributed by atoms with Crippen molar-refractivity contribution in [2.45, 2.75) is 33.1 Å². The van der Waals surface area contributed by atoms with Crippen LogP contribution >= 0.6 is 0 Å². The summed E-state index contributed by atoms with van der Waals surface area (Å²) >= 11 is 0. The maximum atomic E-state index is 12.1. The summed E-state index contributed by atoms with van der Waals surface area (Å²) in [5, 5.41) is 14.7. The molecule has 1 heterocycles. The van der Waals surface area contributed by atoms with E-state index in [0.29, 0.717) is 23.4 Å². The predicted octanol–water partition coefficient (Wildman–Crippen LogP) is 1.80. The maximum Gasteiger partial charge on any atom is 0.273 e. The SMILES string of the molecule is Cn1cc(NC(=O)C(=N)C2=C(N)CC(C)(C)CC2)cn1. The fourth-order valence-electron chi connectivity index (χ4n) is 2.44. The topological polar surface area (TPSA) is 96.8 Å². The zero-order valence-corrected chi connectivity index (χ0v) is 12.2. The van der Waals surface area contributed by atoms with Crippen LogP contribution in [0.3, 0.4) is 0 Å². The zero-order chi connectivity index (χ0) is 14.9. The van der Waals surface area contributed by atoms with Crippen molar-refractivity contribution in [3.05, 3.63) is 23.7 Å². The Kier molecular flexibility index (Phi) is 3.65. The number of carbonyl (C=O) groups is 1. The normalized spacial score (nSPS) is 17.9. The molecular weight excluding hydrogens is 254 g/mol. The largest absolute Gasteiger partial charge is 0.402 e. The first-order valence-electron chi connectivity index (χ1n) is 6.65. The van der Waals surface area contributed by atoms with E-state index in [4.69, 9.17) is 11.1 Å². The number of nitrogens with one attached hydrogen (secondary N) is 2. The smallest absolute Gasteiger partial charge is 0.273 e. The van der Waals surface area contributed by atoms with E-state index < -0.39 is 5.91 Å². The van der Waals surface area contributed by atoms with Gasteiger partial charge in [0.1, 0.15) is 5.71 Å². The average Bonchev–Trinajstić information content (AvgIpc) is 2.73.